The molecule has 1 aromatic carbocycles. The fourth-order valence-corrected chi connectivity index (χ4v) is 2.10. The molecule has 0 aliphatic rings. The van der Waals surface area contributed by atoms with E-state index in [-0.39, 0.29) is 0 Å². The zero-order chi connectivity index (χ0) is 14.9. The predicted octanol–water partition coefficient (Wildman–Crippen LogP) is 4.17. The van der Waals surface area contributed by atoms with Crippen molar-refractivity contribution < 1.29 is 0 Å². The summed E-state index contributed by atoms with van der Waals surface area (Å²) in [6.45, 7) is 4.36. The number of unbranched alkanes of at least 4 members (excludes halogenated alkanes) is 1. The Labute approximate surface area is 127 Å². The predicted molar refractivity (Wildman–Crippen MR) is 87.1 cm³/mol. The van der Waals surface area contributed by atoms with Gasteiger partial charge in [0.2, 0.25) is 5.82 Å². The maximum Gasteiger partial charge on any atom is 0.205 e. The van der Waals surface area contributed by atoms with E-state index in [1.807, 2.05) is 12.4 Å². The van der Waals surface area contributed by atoms with Gasteiger partial charge in [-0.25, -0.2) is 9.97 Å². The summed E-state index contributed by atoms with van der Waals surface area (Å²) in [5, 5.41) is 0. The normalized spacial score (nSPS) is 10.0. The molecule has 0 saturated carbocycles. The third-order valence-electron chi connectivity index (χ3n) is 3.34. The first-order valence-corrected chi connectivity index (χ1v) is 7.73. The first-order valence-electron chi connectivity index (χ1n) is 7.73. The second-order valence-corrected chi connectivity index (χ2v) is 5.22. The highest BCUT2D eigenvalue weighted by molar-refractivity contribution is 5.39. The van der Waals surface area contributed by atoms with Crippen LogP contribution in [0.3, 0.4) is 0 Å². The van der Waals surface area contributed by atoms with Crippen molar-refractivity contribution in [3.63, 3.8) is 0 Å². The summed E-state index contributed by atoms with van der Waals surface area (Å²) < 4.78 is 0. The van der Waals surface area contributed by atoms with Crippen molar-refractivity contribution in [3.8, 4) is 11.8 Å². The first kappa shape index (κ1) is 15.3. The van der Waals surface area contributed by atoms with Crippen molar-refractivity contribution >= 4 is 0 Å². The summed E-state index contributed by atoms with van der Waals surface area (Å²) in [6, 6.07) is 8.46. The van der Waals surface area contributed by atoms with Gasteiger partial charge in [0.15, 0.2) is 0 Å². The Morgan fingerprint density at radius 2 is 1.52 bits per heavy atom. The first-order chi connectivity index (χ1) is 10.3. The van der Waals surface area contributed by atoms with Crippen molar-refractivity contribution in [1.82, 2.24) is 9.97 Å². The van der Waals surface area contributed by atoms with E-state index in [1.165, 1.54) is 24.0 Å². The largest absolute Gasteiger partial charge is 0.229 e. The number of hydrogen-bond acceptors (Lipinski definition) is 2. The Kier molecular flexibility index (Phi) is 5.97. The molecule has 2 nitrogen and oxygen atoms in total. The highest BCUT2D eigenvalue weighted by Gasteiger charge is 1.95. The summed E-state index contributed by atoms with van der Waals surface area (Å²) in [4.78, 5) is 8.57. The van der Waals surface area contributed by atoms with Crippen molar-refractivity contribution in [3.05, 3.63) is 59.2 Å². The summed E-state index contributed by atoms with van der Waals surface area (Å²) in [6.07, 6.45) is 9.48. The van der Waals surface area contributed by atoms with Gasteiger partial charge >= 0.3 is 0 Å². The molecule has 1 aromatic heterocycles. The van der Waals surface area contributed by atoms with Crippen molar-refractivity contribution in [2.24, 2.45) is 0 Å². The van der Waals surface area contributed by atoms with E-state index < -0.39 is 0 Å². The minimum Gasteiger partial charge on any atom is -0.229 e. The second-order valence-electron chi connectivity index (χ2n) is 5.22. The molecule has 0 aliphatic carbocycles. The van der Waals surface area contributed by atoms with E-state index in [1.54, 1.807) is 0 Å². The molecule has 2 heteroatoms. The molecular formula is C19H22N2. The second kappa shape index (κ2) is 8.21. The number of nitrogens with zero attached hydrogens (tertiary/aromatic N) is 2. The van der Waals surface area contributed by atoms with Crippen LogP contribution in [-0.4, -0.2) is 9.97 Å². The van der Waals surface area contributed by atoms with Gasteiger partial charge in [-0.1, -0.05) is 44.7 Å². The Morgan fingerprint density at radius 3 is 2.14 bits per heavy atom. The Morgan fingerprint density at radius 1 is 0.810 bits per heavy atom. The van der Waals surface area contributed by atoms with Crippen LogP contribution in [0.5, 0.6) is 0 Å². The lowest BCUT2D eigenvalue weighted by atomic mass is 10.1. The van der Waals surface area contributed by atoms with Crippen LogP contribution in [0, 0.1) is 11.8 Å². The number of benzene rings is 1. The summed E-state index contributed by atoms with van der Waals surface area (Å²) in [7, 11) is 0. The minimum absolute atomic E-state index is 0.588. The average Bonchev–Trinajstić information content (AvgIpc) is 2.53. The van der Waals surface area contributed by atoms with E-state index in [2.05, 4.69) is 59.9 Å². The van der Waals surface area contributed by atoms with Crippen molar-refractivity contribution in [2.75, 3.05) is 0 Å². The maximum atomic E-state index is 4.29. The molecule has 2 aromatic rings. The fourth-order valence-electron chi connectivity index (χ4n) is 2.10. The Hall–Kier alpha value is -2.14. The SMILES string of the molecule is CCCCc1ccc(C#Cc2ncc(CCC)cn2)cc1. The number of rotatable bonds is 5. The molecule has 0 spiro atoms. The summed E-state index contributed by atoms with van der Waals surface area (Å²) >= 11 is 0. The van der Waals surface area contributed by atoms with Gasteiger partial charge in [0.1, 0.15) is 0 Å². The van der Waals surface area contributed by atoms with Crippen LogP contribution in [0.1, 0.15) is 55.6 Å². The zero-order valence-electron chi connectivity index (χ0n) is 12.9. The molecule has 21 heavy (non-hydrogen) atoms. The molecule has 0 aliphatic heterocycles. The van der Waals surface area contributed by atoms with E-state index >= 15 is 0 Å². The molecule has 108 valence electrons. The van der Waals surface area contributed by atoms with Crippen molar-refractivity contribution in [2.45, 2.75) is 46.0 Å². The highest BCUT2D eigenvalue weighted by Crippen LogP contribution is 2.07. The van der Waals surface area contributed by atoms with Crippen LogP contribution in [0.2, 0.25) is 0 Å². The van der Waals surface area contributed by atoms with Crippen molar-refractivity contribution in [1.29, 1.82) is 0 Å². The minimum atomic E-state index is 0.588. The van der Waals surface area contributed by atoms with Gasteiger partial charge in [0, 0.05) is 18.0 Å². The van der Waals surface area contributed by atoms with Crippen LogP contribution >= 0.6 is 0 Å². The molecule has 0 atom stereocenters. The summed E-state index contributed by atoms with van der Waals surface area (Å²) in [5.74, 6) is 6.73. The lowest BCUT2D eigenvalue weighted by Crippen LogP contribution is -1.92. The molecule has 2 rings (SSSR count). The average molecular weight is 278 g/mol. The molecular weight excluding hydrogens is 256 g/mol. The van der Waals surface area contributed by atoms with Crippen LogP contribution in [-0.2, 0) is 12.8 Å². The molecule has 0 radical (unpaired) electrons. The van der Waals surface area contributed by atoms with Crippen LogP contribution in [0.25, 0.3) is 0 Å². The molecule has 1 heterocycles. The lowest BCUT2D eigenvalue weighted by Gasteiger charge is -1.99. The van der Waals surface area contributed by atoms with E-state index in [0.29, 0.717) is 5.82 Å². The van der Waals surface area contributed by atoms with E-state index in [4.69, 9.17) is 0 Å². The molecule has 0 fully saturated rings. The summed E-state index contributed by atoms with van der Waals surface area (Å²) in [5.41, 5.74) is 3.56. The molecule has 0 bridgehead atoms. The molecule has 0 saturated heterocycles. The van der Waals surface area contributed by atoms with Gasteiger partial charge in [0.05, 0.1) is 0 Å². The number of aryl methyl sites for hydroxylation is 2. The molecule has 0 amide bonds. The maximum absolute atomic E-state index is 4.29. The van der Waals surface area contributed by atoms with Gasteiger partial charge in [0.25, 0.3) is 0 Å². The topological polar surface area (TPSA) is 25.8 Å². The highest BCUT2D eigenvalue weighted by atomic mass is 14.8. The van der Waals surface area contributed by atoms with Gasteiger partial charge in [-0.2, -0.15) is 0 Å². The third kappa shape index (κ3) is 5.04. The van der Waals surface area contributed by atoms with Crippen LogP contribution in [0.4, 0.5) is 0 Å². The number of aromatic nitrogens is 2. The smallest absolute Gasteiger partial charge is 0.205 e. The van der Waals surface area contributed by atoms with Gasteiger partial charge in [-0.3, -0.25) is 0 Å². The van der Waals surface area contributed by atoms with Gasteiger partial charge in [-0.15, -0.1) is 0 Å². The molecule has 0 N–H and O–H groups in total. The third-order valence-corrected chi connectivity index (χ3v) is 3.34. The zero-order valence-corrected chi connectivity index (χ0v) is 12.9. The molecule has 0 unspecified atom stereocenters. The Balaban J connectivity index is 2.01. The van der Waals surface area contributed by atoms with E-state index in [9.17, 15) is 0 Å². The van der Waals surface area contributed by atoms with Crippen LogP contribution in [0.15, 0.2) is 36.7 Å². The quantitative estimate of drug-likeness (QED) is 0.767. The Bertz CT molecular complexity index is 601. The fraction of sp³-hybridized carbons (Fsp3) is 0.368. The standard InChI is InChI=1S/C19H22N2/c1-3-5-7-16-8-10-17(11-9-16)12-13-19-20-14-18(6-4-2)15-21-19/h8-11,14-15H,3-7H2,1-2H3. The van der Waals surface area contributed by atoms with Gasteiger partial charge < -0.3 is 0 Å². The van der Waals surface area contributed by atoms with Crippen LogP contribution < -0.4 is 0 Å². The van der Waals surface area contributed by atoms with Gasteiger partial charge in [-0.05, 0) is 48.4 Å². The lowest BCUT2D eigenvalue weighted by molar-refractivity contribution is 0.795. The van der Waals surface area contributed by atoms with E-state index in [0.717, 1.165) is 24.8 Å². The monoisotopic (exact) mass is 278 g/mol. The number of hydrogen-bond donors (Lipinski definition) is 0.